The highest BCUT2D eigenvalue weighted by Gasteiger charge is 2.07. The molecule has 0 saturated heterocycles. The van der Waals surface area contributed by atoms with Crippen molar-refractivity contribution in [1.29, 1.82) is 0 Å². The predicted octanol–water partition coefficient (Wildman–Crippen LogP) is 4.43. The predicted molar refractivity (Wildman–Crippen MR) is 78.9 cm³/mol. The van der Waals surface area contributed by atoms with Crippen molar-refractivity contribution in [3.05, 3.63) is 70.5 Å². The smallest absolute Gasteiger partial charge is 0.258 e. The van der Waals surface area contributed by atoms with Crippen LogP contribution in [0, 0.1) is 15.9 Å². The van der Waals surface area contributed by atoms with Crippen molar-refractivity contribution in [3.8, 4) is 0 Å². The topological polar surface area (TPSA) is 56.0 Å². The molecule has 1 aromatic heterocycles. The second kappa shape index (κ2) is 5.49. The lowest BCUT2D eigenvalue weighted by molar-refractivity contribution is -0.384. The Morgan fingerprint density at radius 2 is 1.81 bits per heavy atom. The molecule has 0 aliphatic rings. The maximum atomic E-state index is 12.9. The quantitative estimate of drug-likeness (QED) is 0.530. The lowest BCUT2D eigenvalue weighted by Gasteiger charge is -2.03. The molecule has 0 spiro atoms. The third kappa shape index (κ3) is 3.00. The largest absolute Gasteiger partial charge is 0.270 e. The van der Waals surface area contributed by atoms with E-state index in [-0.39, 0.29) is 11.5 Å². The summed E-state index contributed by atoms with van der Waals surface area (Å²) in [6.45, 7) is 0. The maximum Gasteiger partial charge on any atom is 0.270 e. The van der Waals surface area contributed by atoms with Gasteiger partial charge in [-0.25, -0.2) is 9.37 Å². The Balaban J connectivity index is 1.92. The van der Waals surface area contributed by atoms with Gasteiger partial charge in [-0.2, -0.15) is 0 Å². The molecule has 6 heteroatoms. The number of pyridine rings is 1. The van der Waals surface area contributed by atoms with Crippen LogP contribution in [0.4, 0.5) is 10.1 Å². The average Bonchev–Trinajstić information content (AvgIpc) is 2.49. The average molecular weight is 300 g/mol. The first-order chi connectivity index (χ1) is 10.1. The zero-order valence-electron chi connectivity index (χ0n) is 10.7. The van der Waals surface area contributed by atoms with E-state index in [0.717, 1.165) is 9.92 Å². The molecule has 21 heavy (non-hydrogen) atoms. The lowest BCUT2D eigenvalue weighted by Crippen LogP contribution is -1.89. The molecule has 0 saturated carbocycles. The standard InChI is InChI=1S/C15H9FN2O2S/c16-11-2-5-13(6-3-11)21-15-8-1-10-9-12(18(19)20)4-7-14(10)17-15/h1-9H. The van der Waals surface area contributed by atoms with Crippen LogP contribution < -0.4 is 0 Å². The third-order valence-corrected chi connectivity index (χ3v) is 3.84. The van der Waals surface area contributed by atoms with E-state index in [2.05, 4.69) is 4.98 Å². The van der Waals surface area contributed by atoms with Crippen LogP contribution in [0.15, 0.2) is 64.5 Å². The van der Waals surface area contributed by atoms with Crippen molar-refractivity contribution >= 4 is 28.4 Å². The normalized spacial score (nSPS) is 10.7. The minimum atomic E-state index is -0.430. The molecule has 3 aromatic rings. The molecular weight excluding hydrogens is 291 g/mol. The Labute approximate surface area is 123 Å². The van der Waals surface area contributed by atoms with Crippen molar-refractivity contribution in [2.45, 2.75) is 9.92 Å². The number of non-ortho nitro benzene ring substituents is 1. The molecule has 4 nitrogen and oxygen atoms in total. The number of nitro groups is 1. The van der Waals surface area contributed by atoms with Gasteiger partial charge >= 0.3 is 0 Å². The molecule has 0 unspecified atom stereocenters. The number of hydrogen-bond acceptors (Lipinski definition) is 4. The van der Waals surface area contributed by atoms with E-state index in [1.165, 1.54) is 36.0 Å². The van der Waals surface area contributed by atoms with Gasteiger partial charge in [0.25, 0.3) is 5.69 Å². The summed E-state index contributed by atoms with van der Waals surface area (Å²) >= 11 is 1.41. The highest BCUT2D eigenvalue weighted by atomic mass is 32.2. The number of aromatic nitrogens is 1. The minimum Gasteiger partial charge on any atom is -0.258 e. The lowest BCUT2D eigenvalue weighted by atomic mass is 10.2. The molecule has 0 aliphatic carbocycles. The van der Waals surface area contributed by atoms with Crippen molar-refractivity contribution in [2.24, 2.45) is 0 Å². The number of fused-ring (bicyclic) bond motifs is 1. The summed E-state index contributed by atoms with van der Waals surface area (Å²) in [4.78, 5) is 15.6. The van der Waals surface area contributed by atoms with Crippen LogP contribution in [0.3, 0.4) is 0 Å². The van der Waals surface area contributed by atoms with Crippen LogP contribution in [0.25, 0.3) is 10.9 Å². The number of benzene rings is 2. The van der Waals surface area contributed by atoms with Gasteiger partial charge in [-0.3, -0.25) is 10.1 Å². The zero-order chi connectivity index (χ0) is 14.8. The number of rotatable bonds is 3. The van der Waals surface area contributed by atoms with E-state index in [0.29, 0.717) is 10.9 Å². The number of nitro benzene ring substituents is 1. The summed E-state index contributed by atoms with van der Waals surface area (Å²) in [7, 11) is 0. The molecule has 0 fully saturated rings. The Kier molecular flexibility index (Phi) is 3.53. The van der Waals surface area contributed by atoms with Gasteiger partial charge in [0.05, 0.1) is 10.4 Å². The van der Waals surface area contributed by atoms with Gasteiger partial charge in [0.1, 0.15) is 10.8 Å². The first kappa shape index (κ1) is 13.5. The van der Waals surface area contributed by atoms with Crippen molar-refractivity contribution in [2.75, 3.05) is 0 Å². The van der Waals surface area contributed by atoms with Crippen LogP contribution >= 0.6 is 11.8 Å². The SMILES string of the molecule is O=[N+]([O-])c1ccc2nc(Sc3ccc(F)cc3)ccc2c1. The Hall–Kier alpha value is -2.47. The van der Waals surface area contributed by atoms with Gasteiger partial charge in [-0.15, -0.1) is 0 Å². The van der Waals surface area contributed by atoms with E-state index in [1.807, 2.05) is 0 Å². The Morgan fingerprint density at radius 3 is 2.52 bits per heavy atom. The van der Waals surface area contributed by atoms with Gasteiger partial charge in [0.15, 0.2) is 0 Å². The molecule has 0 amide bonds. The van der Waals surface area contributed by atoms with E-state index < -0.39 is 4.92 Å². The second-order valence-corrected chi connectivity index (χ2v) is 5.43. The van der Waals surface area contributed by atoms with Crippen LogP contribution in [0.5, 0.6) is 0 Å². The first-order valence-electron chi connectivity index (χ1n) is 6.10. The van der Waals surface area contributed by atoms with Gasteiger partial charge in [-0.05, 0) is 42.5 Å². The monoisotopic (exact) mass is 300 g/mol. The van der Waals surface area contributed by atoms with E-state index in [4.69, 9.17) is 0 Å². The van der Waals surface area contributed by atoms with Crippen molar-refractivity contribution < 1.29 is 9.31 Å². The summed E-state index contributed by atoms with van der Waals surface area (Å²) in [6.07, 6.45) is 0. The van der Waals surface area contributed by atoms with Gasteiger partial charge < -0.3 is 0 Å². The molecule has 0 N–H and O–H groups in total. The third-order valence-electron chi connectivity index (χ3n) is 2.89. The van der Waals surface area contributed by atoms with Crippen LogP contribution in [-0.4, -0.2) is 9.91 Å². The molecule has 0 bridgehead atoms. The second-order valence-electron chi connectivity index (χ2n) is 4.34. The van der Waals surface area contributed by atoms with Crippen LogP contribution in [0.2, 0.25) is 0 Å². The molecule has 104 valence electrons. The fourth-order valence-electron chi connectivity index (χ4n) is 1.89. The van der Waals surface area contributed by atoms with Crippen molar-refractivity contribution in [1.82, 2.24) is 4.98 Å². The Morgan fingerprint density at radius 1 is 1.05 bits per heavy atom. The number of hydrogen-bond donors (Lipinski definition) is 0. The van der Waals surface area contributed by atoms with Gasteiger partial charge in [0.2, 0.25) is 0 Å². The maximum absolute atomic E-state index is 12.9. The van der Waals surface area contributed by atoms with Crippen LogP contribution in [-0.2, 0) is 0 Å². The van der Waals surface area contributed by atoms with Gasteiger partial charge in [0, 0.05) is 22.4 Å². The van der Waals surface area contributed by atoms with Crippen LogP contribution in [0.1, 0.15) is 0 Å². The highest BCUT2D eigenvalue weighted by molar-refractivity contribution is 7.99. The first-order valence-corrected chi connectivity index (χ1v) is 6.92. The fourth-order valence-corrected chi connectivity index (χ4v) is 2.68. The van der Waals surface area contributed by atoms with E-state index in [9.17, 15) is 14.5 Å². The molecule has 1 heterocycles. The Bertz CT molecular complexity index is 822. The number of halogens is 1. The molecule has 0 radical (unpaired) electrons. The van der Waals surface area contributed by atoms with Gasteiger partial charge in [-0.1, -0.05) is 11.8 Å². The molecular formula is C15H9FN2O2S. The number of nitrogens with zero attached hydrogens (tertiary/aromatic N) is 2. The summed E-state index contributed by atoms with van der Waals surface area (Å²) in [5.74, 6) is -0.280. The minimum absolute atomic E-state index is 0.0447. The molecule has 0 aliphatic heterocycles. The van der Waals surface area contributed by atoms with E-state index >= 15 is 0 Å². The summed E-state index contributed by atoms with van der Waals surface area (Å²) in [5.41, 5.74) is 0.732. The zero-order valence-corrected chi connectivity index (χ0v) is 11.5. The van der Waals surface area contributed by atoms with E-state index in [1.54, 1.807) is 30.3 Å². The fraction of sp³-hybridized carbons (Fsp3) is 0. The van der Waals surface area contributed by atoms with Crippen molar-refractivity contribution in [3.63, 3.8) is 0 Å². The molecule has 3 rings (SSSR count). The summed E-state index contributed by atoms with van der Waals surface area (Å²) in [5, 5.41) is 12.2. The summed E-state index contributed by atoms with van der Waals surface area (Å²) < 4.78 is 12.9. The molecule has 0 atom stereocenters. The highest BCUT2D eigenvalue weighted by Crippen LogP contribution is 2.28. The summed E-state index contributed by atoms with van der Waals surface area (Å²) in [6, 6.07) is 14.3. The molecule has 2 aromatic carbocycles.